The van der Waals surface area contributed by atoms with E-state index in [0.717, 1.165) is 16.7 Å². The maximum absolute atomic E-state index is 1.42. The van der Waals surface area contributed by atoms with E-state index in [1.54, 1.807) is 0 Å². The van der Waals surface area contributed by atoms with E-state index in [-0.39, 0.29) is 0 Å². The molecule has 0 unspecified atom stereocenters. The van der Waals surface area contributed by atoms with Crippen LogP contribution < -0.4 is 0 Å². The van der Waals surface area contributed by atoms with Crippen molar-refractivity contribution in [2.75, 3.05) is 0 Å². The first-order valence-corrected chi connectivity index (χ1v) is 4.33. The Morgan fingerprint density at radius 2 is 1.25 bits per heavy atom. The summed E-state index contributed by atoms with van der Waals surface area (Å²) < 4.78 is 0. The first kappa shape index (κ1) is 2.21. The maximum Gasteiger partial charge on any atom is 0.550 e. The van der Waals surface area contributed by atoms with E-state index in [0.29, 0.717) is 0 Å². The molecule has 2 aliphatic heterocycles. The van der Waals surface area contributed by atoms with Gasteiger partial charge in [-0.15, -0.1) is 0 Å². The van der Waals surface area contributed by atoms with E-state index < -0.39 is 0 Å². The van der Waals surface area contributed by atoms with Crippen LogP contribution in [0.25, 0.3) is 0 Å². The third-order valence-corrected chi connectivity index (χ3v) is 7.15. The SMILES string of the molecule is [PH2+]1B2[PH2+]B12. The van der Waals surface area contributed by atoms with Crippen LogP contribution in [-0.4, -0.2) is 12.1 Å². The van der Waals surface area contributed by atoms with Gasteiger partial charge in [-0.05, 0) is 16.7 Å². The van der Waals surface area contributed by atoms with Gasteiger partial charge in [0.2, 0.25) is 0 Å². The summed E-state index contributed by atoms with van der Waals surface area (Å²) in [4.78, 5) is 0. The quantitative estimate of drug-likeness (QED) is 0.286. The molecule has 0 radical (unpaired) electrons. The lowest BCUT2D eigenvalue weighted by Crippen LogP contribution is -1.38. The number of hydrogen-bond donors (Lipinski definition) is 0. The predicted octanol–water partition coefficient (Wildman–Crippen LogP) is -0.110. The summed E-state index contributed by atoms with van der Waals surface area (Å²) in [7, 11) is 2.17. The zero-order valence-electron chi connectivity index (χ0n) is 2.31. The molecule has 0 aromatic rings. The van der Waals surface area contributed by atoms with Crippen LogP contribution in [0.1, 0.15) is 0 Å². The highest BCUT2D eigenvalue weighted by Gasteiger charge is 2.92. The summed E-state index contributed by atoms with van der Waals surface area (Å²) in [5.74, 6) is 0. The lowest BCUT2D eigenvalue weighted by molar-refractivity contribution is 4.75. The molecule has 0 amide bonds. The highest BCUT2D eigenvalue weighted by atomic mass is 31.2. The second-order valence-corrected chi connectivity index (χ2v) is 6.93. The highest BCUT2D eigenvalue weighted by molar-refractivity contribution is 8.84. The third-order valence-electron chi connectivity index (χ3n) is 1.05. The van der Waals surface area contributed by atoms with Crippen LogP contribution in [0.4, 0.5) is 0 Å². The van der Waals surface area contributed by atoms with Crippen molar-refractivity contribution in [3.63, 3.8) is 0 Å². The van der Waals surface area contributed by atoms with Crippen molar-refractivity contribution in [2.45, 2.75) is 0 Å². The van der Waals surface area contributed by atoms with Gasteiger partial charge in [0.1, 0.15) is 0 Å². The average molecular weight is 87.6 g/mol. The first-order valence-electron chi connectivity index (χ1n) is 1.67. The summed E-state index contributed by atoms with van der Waals surface area (Å²) in [6.07, 6.45) is 0. The van der Waals surface area contributed by atoms with Crippen molar-refractivity contribution in [1.82, 2.24) is 0 Å². The van der Waals surface area contributed by atoms with Crippen LogP contribution in [0.5, 0.6) is 0 Å². The molecule has 0 bridgehead atoms. The van der Waals surface area contributed by atoms with Gasteiger partial charge in [-0.1, -0.05) is 0 Å². The van der Waals surface area contributed by atoms with Gasteiger partial charge in [0.25, 0.3) is 0 Å². The van der Waals surface area contributed by atoms with Crippen LogP contribution in [0.15, 0.2) is 0 Å². The molecule has 2 fully saturated rings. The third kappa shape index (κ3) is 0.146. The fourth-order valence-corrected chi connectivity index (χ4v) is 3.31. The van der Waals surface area contributed by atoms with Gasteiger partial charge in [0, 0.05) is 0 Å². The maximum atomic E-state index is 1.42. The normalized spacial score (nSPS) is 30.0. The van der Waals surface area contributed by atoms with Crippen molar-refractivity contribution >= 4 is 28.8 Å². The fraction of sp³-hybridized carbons (Fsp3) is 0. The molecule has 4 heteroatoms. The van der Waals surface area contributed by atoms with Gasteiger partial charge in [-0.2, -0.15) is 0 Å². The molecular weight excluding hydrogens is 83.6 g/mol. The summed E-state index contributed by atoms with van der Waals surface area (Å²) in [6, 6.07) is 2.83. The topological polar surface area (TPSA) is 0 Å². The van der Waals surface area contributed by atoms with Crippen molar-refractivity contribution in [2.24, 2.45) is 0 Å². The molecule has 0 saturated carbocycles. The second-order valence-electron chi connectivity index (χ2n) is 1.54. The second kappa shape index (κ2) is 0.441. The number of hydrogen-bond acceptors (Lipinski definition) is 0. The van der Waals surface area contributed by atoms with Gasteiger partial charge < -0.3 is 0 Å². The summed E-state index contributed by atoms with van der Waals surface area (Å²) in [5, 5.41) is 0. The van der Waals surface area contributed by atoms with Crippen LogP contribution >= 0.6 is 16.7 Å². The average Bonchev–Trinajstić information content (AvgIpc) is 1.36. The molecule has 2 aliphatic rings. The molecule has 0 atom stereocenters. The molecule has 2 heterocycles. The minimum Gasteiger partial charge on any atom is -0.0157 e. The van der Waals surface area contributed by atoms with Crippen molar-refractivity contribution in [3.05, 3.63) is 0 Å². The van der Waals surface area contributed by atoms with Crippen molar-refractivity contribution < 1.29 is 0 Å². The van der Waals surface area contributed by atoms with E-state index >= 15 is 0 Å². The first-order chi connectivity index (χ1) is 1.97. The Morgan fingerprint density at radius 1 is 1.00 bits per heavy atom. The van der Waals surface area contributed by atoms with Crippen LogP contribution in [-0.2, 0) is 0 Å². The number of fused-ring (bicyclic) bond motifs is 1. The standard InChI is InChI=1S/B2H4P2/c3-1-2(3)4-1/h3-4H2/q+2. The summed E-state index contributed by atoms with van der Waals surface area (Å²) in [5.41, 5.74) is 0. The van der Waals surface area contributed by atoms with E-state index in [4.69, 9.17) is 0 Å². The van der Waals surface area contributed by atoms with Crippen LogP contribution in [0.2, 0.25) is 0 Å². The summed E-state index contributed by atoms with van der Waals surface area (Å²) in [6.45, 7) is 0. The molecule has 0 spiro atoms. The van der Waals surface area contributed by atoms with E-state index in [2.05, 4.69) is 0 Å². The van der Waals surface area contributed by atoms with E-state index in [1.807, 2.05) is 0 Å². The molecule has 4 heavy (non-hydrogen) atoms. The molecular formula is H4B2P2+2. The minimum absolute atomic E-state index is 1.08. The van der Waals surface area contributed by atoms with Gasteiger partial charge in [-0.3, -0.25) is 0 Å². The molecule has 2 saturated heterocycles. The smallest absolute Gasteiger partial charge is 0.0157 e. The minimum atomic E-state index is 1.08. The van der Waals surface area contributed by atoms with Crippen molar-refractivity contribution in [3.8, 4) is 0 Å². The molecule has 0 nitrogen and oxygen atoms in total. The zero-order chi connectivity index (χ0) is 2.57. The van der Waals surface area contributed by atoms with Crippen LogP contribution in [0.3, 0.4) is 0 Å². The molecule has 0 aliphatic carbocycles. The van der Waals surface area contributed by atoms with E-state index in [9.17, 15) is 0 Å². The zero-order valence-corrected chi connectivity index (χ0v) is 4.62. The Hall–Kier alpha value is 0.990. The Kier molecular flexibility index (Phi) is 0.244. The predicted molar refractivity (Wildman–Crippen MR) is 30.9 cm³/mol. The molecule has 18 valence electrons. The van der Waals surface area contributed by atoms with Crippen molar-refractivity contribution in [1.29, 1.82) is 0 Å². The lowest BCUT2D eigenvalue weighted by Gasteiger charge is -1.38. The molecule has 0 aromatic carbocycles. The monoisotopic (exact) mass is 88.0 g/mol. The fourth-order valence-electron chi connectivity index (χ4n) is 0.368. The molecule has 0 aromatic heterocycles. The van der Waals surface area contributed by atoms with Crippen LogP contribution in [0, 0.1) is 0 Å². The van der Waals surface area contributed by atoms with Gasteiger partial charge >= 0.3 is 12.1 Å². The number of rotatable bonds is 0. The summed E-state index contributed by atoms with van der Waals surface area (Å²) >= 11 is 0. The highest BCUT2D eigenvalue weighted by Crippen LogP contribution is 2.74. The van der Waals surface area contributed by atoms with E-state index in [1.165, 1.54) is 12.1 Å². The Labute approximate surface area is 29.7 Å². The van der Waals surface area contributed by atoms with Gasteiger partial charge in [-0.25, -0.2) is 0 Å². The lowest BCUT2D eigenvalue weighted by atomic mass is 9.81. The van der Waals surface area contributed by atoms with Gasteiger partial charge in [0.15, 0.2) is 0 Å². The Bertz CT molecular complexity index is 40.0. The molecule has 2 rings (SSSR count). The Balaban J connectivity index is 2.48. The largest absolute Gasteiger partial charge is 0.550 e. The molecule has 0 N–H and O–H groups in total. The Morgan fingerprint density at radius 3 is 1.25 bits per heavy atom. The van der Waals surface area contributed by atoms with Gasteiger partial charge in [0.05, 0.1) is 0 Å².